The van der Waals surface area contributed by atoms with Gasteiger partial charge in [0.1, 0.15) is 5.69 Å². The number of anilines is 1. The molecular weight excluding hydrogens is 248 g/mol. The second kappa shape index (κ2) is 6.30. The third kappa shape index (κ3) is 3.30. The number of aromatic nitrogens is 2. The third-order valence-corrected chi connectivity index (χ3v) is 3.08. The number of oxime groups is 1. The van der Waals surface area contributed by atoms with Crippen LogP contribution >= 0.6 is 0 Å². The van der Waals surface area contributed by atoms with E-state index < -0.39 is 0 Å². The fourth-order valence-electron chi connectivity index (χ4n) is 2.01. The summed E-state index contributed by atoms with van der Waals surface area (Å²) in [4.78, 5) is 12.7. The van der Waals surface area contributed by atoms with Crippen LogP contribution in [0.4, 0.5) is 5.95 Å². The van der Waals surface area contributed by atoms with E-state index in [1.807, 2.05) is 4.90 Å². The quantitative estimate of drug-likeness (QED) is 0.268. The molecule has 1 aromatic heterocycles. The summed E-state index contributed by atoms with van der Waals surface area (Å²) in [6.45, 7) is 4.17. The maximum atomic E-state index is 8.90. The average molecular weight is 266 g/mol. The minimum Gasteiger partial charge on any atom is -0.409 e. The average Bonchev–Trinajstić information content (AvgIpc) is 2.48. The standard InChI is InChI=1S/C11H18N6O2/c12-10(15-19)9-1-2-13-11(14-9)17-5-3-16(4-6-17)7-8-18/h1-2,18-19H,3-8H2,(H2,12,15). The number of piperazine rings is 1. The first kappa shape index (κ1) is 13.5. The van der Waals surface area contributed by atoms with Crippen LogP contribution in [-0.4, -0.2) is 70.3 Å². The van der Waals surface area contributed by atoms with Gasteiger partial charge in [-0.2, -0.15) is 0 Å². The number of aliphatic hydroxyl groups is 1. The lowest BCUT2D eigenvalue weighted by Crippen LogP contribution is -2.47. The van der Waals surface area contributed by atoms with Crippen molar-refractivity contribution in [1.82, 2.24) is 14.9 Å². The fourth-order valence-corrected chi connectivity index (χ4v) is 2.01. The van der Waals surface area contributed by atoms with E-state index in [0.717, 1.165) is 26.2 Å². The number of hydrogen-bond acceptors (Lipinski definition) is 7. The zero-order valence-corrected chi connectivity index (χ0v) is 10.6. The molecule has 0 radical (unpaired) electrons. The minimum absolute atomic E-state index is 0.0254. The van der Waals surface area contributed by atoms with Gasteiger partial charge < -0.3 is 20.9 Å². The Hall–Kier alpha value is -1.93. The SMILES string of the molecule is N/C(=N/O)c1ccnc(N2CCN(CCO)CC2)n1. The van der Waals surface area contributed by atoms with Crippen LogP contribution in [0.15, 0.2) is 17.4 Å². The molecule has 0 saturated carbocycles. The van der Waals surface area contributed by atoms with Crippen molar-refractivity contribution in [2.24, 2.45) is 10.9 Å². The summed E-state index contributed by atoms with van der Waals surface area (Å²) in [7, 11) is 0. The zero-order valence-electron chi connectivity index (χ0n) is 10.6. The van der Waals surface area contributed by atoms with Crippen LogP contribution in [0.3, 0.4) is 0 Å². The van der Waals surface area contributed by atoms with Crippen LogP contribution in [0, 0.1) is 0 Å². The molecule has 2 rings (SSSR count). The molecule has 0 unspecified atom stereocenters. The fraction of sp³-hybridized carbons (Fsp3) is 0.545. The number of nitrogens with zero attached hydrogens (tertiary/aromatic N) is 5. The van der Waals surface area contributed by atoms with E-state index in [1.165, 1.54) is 0 Å². The molecule has 1 aromatic rings. The molecule has 0 aromatic carbocycles. The molecule has 0 atom stereocenters. The van der Waals surface area contributed by atoms with Gasteiger partial charge >= 0.3 is 0 Å². The summed E-state index contributed by atoms with van der Waals surface area (Å²) in [6.07, 6.45) is 1.59. The highest BCUT2D eigenvalue weighted by molar-refractivity contribution is 5.95. The van der Waals surface area contributed by atoms with Crippen LogP contribution in [0.25, 0.3) is 0 Å². The second-order valence-corrected chi connectivity index (χ2v) is 4.28. The van der Waals surface area contributed by atoms with Crippen molar-refractivity contribution >= 4 is 11.8 Å². The maximum absolute atomic E-state index is 8.90. The minimum atomic E-state index is -0.0254. The van der Waals surface area contributed by atoms with E-state index in [4.69, 9.17) is 16.0 Å². The lowest BCUT2D eigenvalue weighted by molar-refractivity contribution is 0.188. The molecule has 8 heteroatoms. The molecule has 1 fully saturated rings. The smallest absolute Gasteiger partial charge is 0.226 e. The molecular formula is C11H18N6O2. The first-order valence-corrected chi connectivity index (χ1v) is 6.13. The Bertz CT molecular complexity index is 445. The predicted octanol–water partition coefficient (Wildman–Crippen LogP) is -1.31. The summed E-state index contributed by atoms with van der Waals surface area (Å²) in [5.74, 6) is 0.551. The summed E-state index contributed by atoms with van der Waals surface area (Å²) in [5.41, 5.74) is 5.92. The maximum Gasteiger partial charge on any atom is 0.226 e. The molecule has 0 aliphatic carbocycles. The number of nitrogens with two attached hydrogens (primary N) is 1. The van der Waals surface area contributed by atoms with E-state index in [0.29, 0.717) is 18.2 Å². The molecule has 8 nitrogen and oxygen atoms in total. The largest absolute Gasteiger partial charge is 0.409 e. The van der Waals surface area contributed by atoms with Gasteiger partial charge in [0.25, 0.3) is 0 Å². The van der Waals surface area contributed by atoms with Crippen molar-refractivity contribution in [3.63, 3.8) is 0 Å². The Balaban J connectivity index is 2.03. The summed E-state index contributed by atoms with van der Waals surface area (Å²) in [5, 5.41) is 20.5. The molecule has 1 saturated heterocycles. The number of amidine groups is 1. The van der Waals surface area contributed by atoms with Crippen molar-refractivity contribution in [3.8, 4) is 0 Å². The van der Waals surface area contributed by atoms with Gasteiger partial charge in [-0.05, 0) is 6.07 Å². The Kier molecular flexibility index (Phi) is 4.48. The number of aliphatic hydroxyl groups excluding tert-OH is 1. The van der Waals surface area contributed by atoms with E-state index in [2.05, 4.69) is 20.0 Å². The molecule has 0 bridgehead atoms. The molecule has 2 heterocycles. The summed E-state index contributed by atoms with van der Waals surface area (Å²) in [6, 6.07) is 1.60. The van der Waals surface area contributed by atoms with Gasteiger partial charge in [0.2, 0.25) is 5.95 Å². The van der Waals surface area contributed by atoms with Crippen LogP contribution in [0.5, 0.6) is 0 Å². The molecule has 0 spiro atoms. The Morgan fingerprint density at radius 3 is 2.74 bits per heavy atom. The van der Waals surface area contributed by atoms with Gasteiger partial charge in [-0.1, -0.05) is 5.16 Å². The monoisotopic (exact) mass is 266 g/mol. The van der Waals surface area contributed by atoms with E-state index >= 15 is 0 Å². The van der Waals surface area contributed by atoms with Crippen LogP contribution in [-0.2, 0) is 0 Å². The van der Waals surface area contributed by atoms with Gasteiger partial charge in [-0.3, -0.25) is 4.90 Å². The zero-order chi connectivity index (χ0) is 13.7. The summed E-state index contributed by atoms with van der Waals surface area (Å²) >= 11 is 0. The first-order valence-electron chi connectivity index (χ1n) is 6.13. The molecule has 19 heavy (non-hydrogen) atoms. The van der Waals surface area contributed by atoms with Crippen molar-refractivity contribution in [1.29, 1.82) is 0 Å². The highest BCUT2D eigenvalue weighted by atomic mass is 16.4. The number of β-amino-alcohol motifs (C(OH)–C–C–N with tert-alkyl or cyclic N) is 1. The van der Waals surface area contributed by atoms with Gasteiger partial charge in [0.15, 0.2) is 5.84 Å². The van der Waals surface area contributed by atoms with Crippen molar-refractivity contribution < 1.29 is 10.3 Å². The Morgan fingerprint density at radius 2 is 2.11 bits per heavy atom. The van der Waals surface area contributed by atoms with Crippen molar-refractivity contribution in [2.75, 3.05) is 44.2 Å². The normalized spacial score (nSPS) is 17.7. The Labute approximate surface area is 111 Å². The predicted molar refractivity (Wildman–Crippen MR) is 70.3 cm³/mol. The second-order valence-electron chi connectivity index (χ2n) is 4.28. The van der Waals surface area contributed by atoms with Gasteiger partial charge in [-0.25, -0.2) is 9.97 Å². The van der Waals surface area contributed by atoms with Crippen molar-refractivity contribution in [2.45, 2.75) is 0 Å². The molecule has 0 amide bonds. The van der Waals surface area contributed by atoms with Crippen LogP contribution in [0.2, 0.25) is 0 Å². The molecule has 1 aliphatic heterocycles. The lowest BCUT2D eigenvalue weighted by atomic mass is 10.3. The third-order valence-electron chi connectivity index (χ3n) is 3.08. The lowest BCUT2D eigenvalue weighted by Gasteiger charge is -2.34. The van der Waals surface area contributed by atoms with Gasteiger partial charge in [0.05, 0.1) is 6.61 Å². The summed E-state index contributed by atoms with van der Waals surface area (Å²) < 4.78 is 0. The van der Waals surface area contributed by atoms with Gasteiger partial charge in [0, 0.05) is 38.9 Å². The topological polar surface area (TPSA) is 111 Å². The molecule has 1 aliphatic rings. The molecule has 4 N–H and O–H groups in total. The van der Waals surface area contributed by atoms with Crippen molar-refractivity contribution in [3.05, 3.63) is 18.0 Å². The Morgan fingerprint density at radius 1 is 1.37 bits per heavy atom. The van der Waals surface area contributed by atoms with Crippen LogP contribution < -0.4 is 10.6 Å². The number of hydrogen-bond donors (Lipinski definition) is 3. The van der Waals surface area contributed by atoms with Gasteiger partial charge in [-0.15, -0.1) is 0 Å². The first-order chi connectivity index (χ1) is 9.24. The highest BCUT2D eigenvalue weighted by Crippen LogP contribution is 2.11. The van der Waals surface area contributed by atoms with E-state index in [9.17, 15) is 0 Å². The number of rotatable bonds is 4. The van der Waals surface area contributed by atoms with Crippen LogP contribution in [0.1, 0.15) is 5.69 Å². The highest BCUT2D eigenvalue weighted by Gasteiger charge is 2.18. The van der Waals surface area contributed by atoms with E-state index in [1.54, 1.807) is 12.3 Å². The van der Waals surface area contributed by atoms with E-state index in [-0.39, 0.29) is 12.4 Å². The molecule has 104 valence electrons.